The molecule has 1 unspecified atom stereocenters. The Morgan fingerprint density at radius 1 is 1.08 bits per heavy atom. The minimum Gasteiger partial charge on any atom is -0.354 e. The molecule has 0 saturated carbocycles. The first-order valence-corrected chi connectivity index (χ1v) is 9.22. The van der Waals surface area contributed by atoms with Crippen LogP contribution in [-0.2, 0) is 11.2 Å². The lowest BCUT2D eigenvalue weighted by Gasteiger charge is -2.30. The zero-order valence-corrected chi connectivity index (χ0v) is 15.6. The fourth-order valence-electron chi connectivity index (χ4n) is 3.10. The molecule has 0 radical (unpaired) electrons. The maximum atomic E-state index is 12.3. The Labute approximate surface area is 156 Å². The van der Waals surface area contributed by atoms with Gasteiger partial charge in [-0.05, 0) is 42.8 Å². The van der Waals surface area contributed by atoms with Crippen molar-refractivity contribution in [2.75, 3.05) is 19.6 Å². The molecule has 4 nitrogen and oxygen atoms in total. The first kappa shape index (κ1) is 19.7. The smallest absolute Gasteiger partial charge is 0.220 e. The summed E-state index contributed by atoms with van der Waals surface area (Å²) in [5.41, 5.74) is 2.94. The summed E-state index contributed by atoms with van der Waals surface area (Å²) >= 11 is 0. The van der Waals surface area contributed by atoms with Gasteiger partial charge in [0, 0.05) is 13.0 Å². The first-order chi connectivity index (χ1) is 12.7. The van der Waals surface area contributed by atoms with Crippen molar-refractivity contribution in [3.63, 3.8) is 0 Å². The maximum Gasteiger partial charge on any atom is 0.220 e. The Morgan fingerprint density at radius 2 is 1.73 bits per heavy atom. The number of carbonyl (C=O) groups excluding carboxylic acids is 1. The summed E-state index contributed by atoms with van der Waals surface area (Å²) < 4.78 is 0. The number of amides is 1. The number of aryl methyl sites for hydroxylation is 1. The predicted octanol–water partition coefficient (Wildman–Crippen LogP) is 3.69. The number of likely N-dealkylation sites (N-methyl/N-ethyl adjacent to an activating group) is 1. The Kier molecular flexibility index (Phi) is 7.85. The molecule has 0 heterocycles. The number of nitriles is 1. The highest BCUT2D eigenvalue weighted by molar-refractivity contribution is 5.76. The molecule has 0 aliphatic carbocycles. The second-order valence-electron chi connectivity index (χ2n) is 6.26. The molecular weight excluding hydrogens is 322 g/mol. The molecule has 136 valence electrons. The summed E-state index contributed by atoms with van der Waals surface area (Å²) in [4.78, 5) is 14.6. The second-order valence-corrected chi connectivity index (χ2v) is 6.26. The lowest BCUT2D eigenvalue weighted by molar-refractivity contribution is -0.121. The fraction of sp³-hybridized carbons (Fsp3) is 0.364. The lowest BCUT2D eigenvalue weighted by Crippen LogP contribution is -2.38. The molecule has 0 aliphatic heterocycles. The van der Waals surface area contributed by atoms with Crippen LogP contribution in [-0.4, -0.2) is 30.4 Å². The van der Waals surface area contributed by atoms with E-state index in [0.717, 1.165) is 18.7 Å². The monoisotopic (exact) mass is 349 g/mol. The highest BCUT2D eigenvalue weighted by Gasteiger charge is 2.18. The third-order valence-corrected chi connectivity index (χ3v) is 4.65. The lowest BCUT2D eigenvalue weighted by atomic mass is 10.0. The van der Waals surface area contributed by atoms with E-state index >= 15 is 0 Å². The van der Waals surface area contributed by atoms with Gasteiger partial charge >= 0.3 is 0 Å². The van der Waals surface area contributed by atoms with Gasteiger partial charge in [-0.1, -0.05) is 56.3 Å². The van der Waals surface area contributed by atoms with Crippen LogP contribution < -0.4 is 5.32 Å². The van der Waals surface area contributed by atoms with Crippen LogP contribution in [0.1, 0.15) is 43.0 Å². The van der Waals surface area contributed by atoms with Crippen LogP contribution in [0.3, 0.4) is 0 Å². The Bertz CT molecular complexity index is 715. The molecule has 0 saturated heterocycles. The molecule has 2 aromatic carbocycles. The second kappa shape index (κ2) is 10.4. The maximum absolute atomic E-state index is 12.3. The summed E-state index contributed by atoms with van der Waals surface area (Å²) in [5, 5.41) is 11.9. The third-order valence-electron chi connectivity index (χ3n) is 4.65. The van der Waals surface area contributed by atoms with E-state index in [4.69, 9.17) is 5.26 Å². The Hall–Kier alpha value is -2.64. The molecule has 0 aromatic heterocycles. The van der Waals surface area contributed by atoms with E-state index in [0.29, 0.717) is 24.9 Å². The number of nitrogens with one attached hydrogen (secondary N) is 1. The fourth-order valence-corrected chi connectivity index (χ4v) is 3.10. The number of carbonyl (C=O) groups is 1. The zero-order valence-electron chi connectivity index (χ0n) is 15.6. The first-order valence-electron chi connectivity index (χ1n) is 9.22. The van der Waals surface area contributed by atoms with E-state index in [-0.39, 0.29) is 11.9 Å². The van der Waals surface area contributed by atoms with Crippen molar-refractivity contribution in [2.45, 2.75) is 32.7 Å². The summed E-state index contributed by atoms with van der Waals surface area (Å²) in [7, 11) is 0. The van der Waals surface area contributed by atoms with Gasteiger partial charge in [-0.25, -0.2) is 0 Å². The molecule has 4 heteroatoms. The topological polar surface area (TPSA) is 56.1 Å². The van der Waals surface area contributed by atoms with E-state index in [9.17, 15) is 4.79 Å². The quantitative estimate of drug-likeness (QED) is 0.751. The summed E-state index contributed by atoms with van der Waals surface area (Å²) in [6.07, 6.45) is 1.13. The molecule has 0 spiro atoms. The average Bonchev–Trinajstić information content (AvgIpc) is 2.70. The standard InChI is InChI=1S/C22H27N3O/c1-3-25(4-2)21(20-8-6-5-7-9-20)17-24-22(26)15-14-18-10-12-19(16-23)13-11-18/h5-13,21H,3-4,14-15,17H2,1-2H3,(H,24,26). The van der Waals surface area contributed by atoms with Crippen LogP contribution in [0.25, 0.3) is 0 Å². The van der Waals surface area contributed by atoms with Gasteiger partial charge in [-0.2, -0.15) is 5.26 Å². The Morgan fingerprint density at radius 3 is 2.31 bits per heavy atom. The highest BCUT2D eigenvalue weighted by atomic mass is 16.1. The van der Waals surface area contributed by atoms with Crippen LogP contribution in [0.15, 0.2) is 54.6 Å². The summed E-state index contributed by atoms with van der Waals surface area (Å²) in [6.45, 7) is 6.78. The van der Waals surface area contributed by atoms with E-state index in [2.05, 4.69) is 42.3 Å². The normalized spacial score (nSPS) is 11.8. The van der Waals surface area contributed by atoms with E-state index in [1.54, 1.807) is 12.1 Å². The van der Waals surface area contributed by atoms with Crippen LogP contribution in [0.4, 0.5) is 0 Å². The molecule has 1 amide bonds. The van der Waals surface area contributed by atoms with Crippen LogP contribution in [0, 0.1) is 11.3 Å². The summed E-state index contributed by atoms with van der Waals surface area (Å²) in [5.74, 6) is 0.0578. The molecule has 2 aromatic rings. The highest BCUT2D eigenvalue weighted by Crippen LogP contribution is 2.19. The minimum absolute atomic E-state index is 0.0578. The van der Waals surface area contributed by atoms with Crippen molar-refractivity contribution in [3.05, 3.63) is 71.3 Å². The molecule has 2 rings (SSSR count). The number of benzene rings is 2. The summed E-state index contributed by atoms with van der Waals surface area (Å²) in [6, 6.07) is 20.0. The van der Waals surface area contributed by atoms with E-state index in [1.807, 2.05) is 30.3 Å². The van der Waals surface area contributed by atoms with Crippen LogP contribution in [0.2, 0.25) is 0 Å². The van der Waals surface area contributed by atoms with Crippen molar-refractivity contribution < 1.29 is 4.79 Å². The average molecular weight is 349 g/mol. The largest absolute Gasteiger partial charge is 0.354 e. The van der Waals surface area contributed by atoms with Crippen molar-refractivity contribution in [3.8, 4) is 6.07 Å². The zero-order chi connectivity index (χ0) is 18.8. The SMILES string of the molecule is CCN(CC)C(CNC(=O)CCc1ccc(C#N)cc1)c1ccccc1. The van der Waals surface area contributed by atoms with Gasteiger partial charge in [-0.3, -0.25) is 9.69 Å². The van der Waals surface area contributed by atoms with Crippen molar-refractivity contribution in [2.24, 2.45) is 0 Å². The Balaban J connectivity index is 1.90. The molecular formula is C22H27N3O. The van der Waals surface area contributed by atoms with Crippen LogP contribution in [0.5, 0.6) is 0 Å². The van der Waals surface area contributed by atoms with E-state index in [1.165, 1.54) is 5.56 Å². The van der Waals surface area contributed by atoms with Crippen molar-refractivity contribution in [1.29, 1.82) is 5.26 Å². The molecule has 26 heavy (non-hydrogen) atoms. The molecule has 1 N–H and O–H groups in total. The molecule has 0 aliphatic rings. The van der Waals surface area contributed by atoms with Gasteiger partial charge in [0.1, 0.15) is 0 Å². The van der Waals surface area contributed by atoms with Crippen LogP contribution >= 0.6 is 0 Å². The number of hydrogen-bond acceptors (Lipinski definition) is 3. The number of nitrogens with zero attached hydrogens (tertiary/aromatic N) is 2. The molecule has 1 atom stereocenters. The predicted molar refractivity (Wildman–Crippen MR) is 105 cm³/mol. The molecule has 0 bridgehead atoms. The van der Waals surface area contributed by atoms with Gasteiger partial charge in [0.2, 0.25) is 5.91 Å². The minimum atomic E-state index is 0.0578. The van der Waals surface area contributed by atoms with Gasteiger partial charge in [-0.15, -0.1) is 0 Å². The van der Waals surface area contributed by atoms with Gasteiger partial charge in [0.15, 0.2) is 0 Å². The van der Waals surface area contributed by atoms with E-state index < -0.39 is 0 Å². The van der Waals surface area contributed by atoms with Gasteiger partial charge in [0.25, 0.3) is 0 Å². The number of hydrogen-bond donors (Lipinski definition) is 1. The number of rotatable bonds is 9. The van der Waals surface area contributed by atoms with Gasteiger partial charge in [0.05, 0.1) is 17.7 Å². The third kappa shape index (κ3) is 5.72. The van der Waals surface area contributed by atoms with Crippen molar-refractivity contribution in [1.82, 2.24) is 10.2 Å². The molecule has 0 fully saturated rings. The van der Waals surface area contributed by atoms with Crippen molar-refractivity contribution >= 4 is 5.91 Å². The van der Waals surface area contributed by atoms with Gasteiger partial charge < -0.3 is 5.32 Å².